The average Bonchev–Trinajstić information content (AvgIpc) is 3.49. The monoisotopic (exact) mass is 479 g/mol. The third-order valence-electron chi connectivity index (χ3n) is 7.30. The summed E-state index contributed by atoms with van der Waals surface area (Å²) in [6, 6.07) is 10.2. The van der Waals surface area contributed by atoms with Gasteiger partial charge in [0.2, 0.25) is 5.91 Å². The van der Waals surface area contributed by atoms with E-state index < -0.39 is 28.7 Å². The van der Waals surface area contributed by atoms with Gasteiger partial charge in [-0.3, -0.25) is 14.8 Å². The van der Waals surface area contributed by atoms with Gasteiger partial charge in [-0.1, -0.05) is 18.2 Å². The van der Waals surface area contributed by atoms with Gasteiger partial charge in [0.15, 0.2) is 5.60 Å². The first-order valence-corrected chi connectivity index (χ1v) is 11.3. The number of carbonyl (C=O) groups is 2. The van der Waals surface area contributed by atoms with Gasteiger partial charge < -0.3 is 9.64 Å². The van der Waals surface area contributed by atoms with Crippen molar-refractivity contribution in [3.63, 3.8) is 0 Å². The van der Waals surface area contributed by atoms with Crippen LogP contribution in [0.15, 0.2) is 61.1 Å². The molecule has 1 aromatic carbocycles. The van der Waals surface area contributed by atoms with Crippen molar-refractivity contribution in [1.29, 1.82) is 0 Å². The molecule has 2 aliphatic heterocycles. The second-order valence-corrected chi connectivity index (χ2v) is 9.37. The van der Waals surface area contributed by atoms with E-state index in [2.05, 4.69) is 9.97 Å². The Kier molecular flexibility index (Phi) is 4.58. The van der Waals surface area contributed by atoms with E-state index in [-0.39, 0.29) is 12.5 Å². The molecule has 1 saturated heterocycles. The molecule has 9 heteroatoms. The molecule has 1 aliphatic carbocycles. The highest BCUT2D eigenvalue weighted by molar-refractivity contribution is 5.95. The molecule has 1 spiro atoms. The van der Waals surface area contributed by atoms with Crippen molar-refractivity contribution in [2.75, 3.05) is 13.1 Å². The molecular weight excluding hydrogens is 459 g/mol. The molecule has 178 valence electrons. The summed E-state index contributed by atoms with van der Waals surface area (Å²) in [5.74, 6) is -0.459. The first-order chi connectivity index (χ1) is 16.7. The predicted molar refractivity (Wildman–Crippen MR) is 118 cm³/mol. The Hall–Kier alpha value is -3.75. The number of nitrogens with zero attached hydrogens (tertiary/aromatic N) is 3. The summed E-state index contributed by atoms with van der Waals surface area (Å²) in [5, 5.41) is 0. The number of esters is 1. The standard InChI is InChI=1S/C26H20F3N3O3/c27-26(28,29)17-3-1-2-16(12-17)21-5-4-18(13-31-21)24(7-8-24)23(34)32-11-9-25(15-32)20-6-10-30-14-19(20)22(33)35-25/h1-6,10,12-14H,7-9,11,15H2. The lowest BCUT2D eigenvalue weighted by atomic mass is 9.92. The van der Waals surface area contributed by atoms with Crippen LogP contribution in [0.25, 0.3) is 11.3 Å². The van der Waals surface area contributed by atoms with Gasteiger partial charge in [0.25, 0.3) is 0 Å². The van der Waals surface area contributed by atoms with Crippen LogP contribution < -0.4 is 0 Å². The molecule has 0 radical (unpaired) electrons. The van der Waals surface area contributed by atoms with E-state index in [1.165, 1.54) is 12.3 Å². The largest absolute Gasteiger partial charge is 0.449 e. The summed E-state index contributed by atoms with van der Waals surface area (Å²) in [6.45, 7) is 0.747. The van der Waals surface area contributed by atoms with Crippen molar-refractivity contribution < 1.29 is 27.5 Å². The van der Waals surface area contributed by atoms with E-state index >= 15 is 0 Å². The number of benzene rings is 1. The highest BCUT2D eigenvalue weighted by Gasteiger charge is 2.58. The Bertz CT molecular complexity index is 1350. The molecule has 0 bridgehead atoms. The zero-order valence-corrected chi connectivity index (χ0v) is 18.5. The van der Waals surface area contributed by atoms with Crippen LogP contribution in [0.2, 0.25) is 0 Å². The van der Waals surface area contributed by atoms with Gasteiger partial charge in [0.05, 0.1) is 28.8 Å². The summed E-state index contributed by atoms with van der Waals surface area (Å²) in [7, 11) is 0. The van der Waals surface area contributed by atoms with Crippen LogP contribution in [0.5, 0.6) is 0 Å². The number of fused-ring (bicyclic) bond motifs is 2. The van der Waals surface area contributed by atoms with E-state index in [0.29, 0.717) is 42.6 Å². The number of aromatic nitrogens is 2. The third kappa shape index (κ3) is 3.40. The molecule has 2 fully saturated rings. The highest BCUT2D eigenvalue weighted by Crippen LogP contribution is 2.52. The van der Waals surface area contributed by atoms with Gasteiger partial charge in [-0.2, -0.15) is 13.2 Å². The van der Waals surface area contributed by atoms with E-state index in [1.807, 2.05) is 0 Å². The maximum atomic E-state index is 13.6. The van der Waals surface area contributed by atoms with Gasteiger partial charge in [-0.25, -0.2) is 4.79 Å². The van der Waals surface area contributed by atoms with Gasteiger partial charge in [0, 0.05) is 42.7 Å². The summed E-state index contributed by atoms with van der Waals surface area (Å²) in [6.07, 6.45) is 2.12. The average molecular weight is 479 g/mol. The van der Waals surface area contributed by atoms with Gasteiger partial charge in [-0.15, -0.1) is 0 Å². The first-order valence-electron chi connectivity index (χ1n) is 11.3. The fourth-order valence-electron chi connectivity index (χ4n) is 5.26. The number of likely N-dealkylation sites (tertiary alicyclic amines) is 1. The Morgan fingerprint density at radius 2 is 1.89 bits per heavy atom. The summed E-state index contributed by atoms with van der Waals surface area (Å²) >= 11 is 0. The van der Waals surface area contributed by atoms with E-state index in [0.717, 1.165) is 23.3 Å². The molecule has 6 rings (SSSR count). The fourth-order valence-corrected chi connectivity index (χ4v) is 5.26. The first kappa shape index (κ1) is 21.8. The minimum atomic E-state index is -4.43. The maximum Gasteiger partial charge on any atom is 0.416 e. The number of halogens is 3. The van der Waals surface area contributed by atoms with Crippen LogP contribution in [0.4, 0.5) is 13.2 Å². The predicted octanol–water partition coefficient (Wildman–Crippen LogP) is 4.49. The van der Waals surface area contributed by atoms with Crippen molar-refractivity contribution in [3.8, 4) is 11.3 Å². The third-order valence-corrected chi connectivity index (χ3v) is 7.30. The fraction of sp³-hybridized carbons (Fsp3) is 0.308. The lowest BCUT2D eigenvalue weighted by Crippen LogP contribution is -2.40. The molecule has 35 heavy (non-hydrogen) atoms. The van der Waals surface area contributed by atoms with Crippen LogP contribution >= 0.6 is 0 Å². The van der Waals surface area contributed by atoms with Crippen LogP contribution in [-0.2, 0) is 26.7 Å². The molecule has 2 aromatic heterocycles. The molecular formula is C26H20F3N3O3. The van der Waals surface area contributed by atoms with Crippen molar-refractivity contribution in [2.45, 2.75) is 36.5 Å². The molecule has 1 atom stereocenters. The maximum absolute atomic E-state index is 13.6. The Labute approximate surface area is 198 Å². The molecule has 3 aromatic rings. The van der Waals surface area contributed by atoms with Gasteiger partial charge >= 0.3 is 12.1 Å². The van der Waals surface area contributed by atoms with Crippen molar-refractivity contribution in [2.24, 2.45) is 0 Å². The number of hydrogen-bond acceptors (Lipinski definition) is 5. The zero-order chi connectivity index (χ0) is 24.4. The smallest absolute Gasteiger partial charge is 0.416 e. The highest BCUT2D eigenvalue weighted by atomic mass is 19.4. The van der Waals surface area contributed by atoms with Gasteiger partial charge in [-0.05, 0) is 42.7 Å². The molecule has 1 saturated carbocycles. The van der Waals surface area contributed by atoms with Crippen LogP contribution in [-0.4, -0.2) is 39.8 Å². The van der Waals surface area contributed by atoms with E-state index in [4.69, 9.17) is 4.74 Å². The summed E-state index contributed by atoms with van der Waals surface area (Å²) in [4.78, 5) is 36.1. The number of ether oxygens (including phenoxy) is 1. The minimum Gasteiger partial charge on any atom is -0.449 e. The number of carbonyl (C=O) groups excluding carboxylic acids is 2. The molecule has 1 unspecified atom stereocenters. The van der Waals surface area contributed by atoms with Crippen LogP contribution in [0.1, 0.15) is 46.3 Å². The Balaban J connectivity index is 1.23. The second kappa shape index (κ2) is 7.37. The molecule has 0 N–H and O–H groups in total. The molecule has 1 amide bonds. The van der Waals surface area contributed by atoms with Crippen LogP contribution in [0, 0.1) is 0 Å². The Morgan fingerprint density at radius 3 is 2.60 bits per heavy atom. The van der Waals surface area contributed by atoms with Crippen molar-refractivity contribution in [3.05, 3.63) is 83.3 Å². The quantitative estimate of drug-likeness (QED) is 0.518. The van der Waals surface area contributed by atoms with E-state index in [1.54, 1.807) is 41.6 Å². The SMILES string of the molecule is O=C1OC2(CCN(C(=O)C3(c4ccc(-c5cccc(C(F)(F)F)c5)nc4)CC3)C2)c2ccncc21. The molecule has 6 nitrogen and oxygen atoms in total. The lowest BCUT2D eigenvalue weighted by molar-refractivity contribution is -0.137. The number of rotatable bonds is 3. The van der Waals surface area contributed by atoms with Gasteiger partial charge in [0.1, 0.15) is 0 Å². The number of hydrogen-bond donors (Lipinski definition) is 0. The normalized spacial score (nSPS) is 22.3. The Morgan fingerprint density at radius 1 is 1.06 bits per heavy atom. The topological polar surface area (TPSA) is 72.4 Å². The zero-order valence-electron chi connectivity index (χ0n) is 18.5. The number of alkyl halides is 3. The summed E-state index contributed by atoms with van der Waals surface area (Å²) < 4.78 is 44.9. The molecule has 3 aliphatic rings. The molecule has 4 heterocycles. The second-order valence-electron chi connectivity index (χ2n) is 9.37. The van der Waals surface area contributed by atoms with Crippen LogP contribution in [0.3, 0.4) is 0 Å². The van der Waals surface area contributed by atoms with Crippen molar-refractivity contribution in [1.82, 2.24) is 14.9 Å². The summed E-state index contributed by atoms with van der Waals surface area (Å²) in [5.41, 5.74) is 0.449. The number of pyridine rings is 2. The van der Waals surface area contributed by atoms with Crippen molar-refractivity contribution >= 4 is 11.9 Å². The van der Waals surface area contributed by atoms with E-state index in [9.17, 15) is 22.8 Å². The minimum absolute atomic E-state index is 0.0402. The lowest BCUT2D eigenvalue weighted by Gasteiger charge is -2.26. The number of amides is 1.